The Labute approximate surface area is 99.2 Å². The van der Waals surface area contributed by atoms with Gasteiger partial charge in [0.05, 0.1) is 5.60 Å². The molecule has 0 bridgehead atoms. The van der Waals surface area contributed by atoms with Gasteiger partial charge in [0.15, 0.2) is 0 Å². The molecule has 94 valence electrons. The minimum Gasteiger partial charge on any atom is -0.389 e. The van der Waals surface area contributed by atoms with E-state index in [1.807, 2.05) is 6.92 Å². The Kier molecular flexibility index (Phi) is 3.88. The van der Waals surface area contributed by atoms with Gasteiger partial charge in [-0.2, -0.15) is 0 Å². The number of rotatable bonds is 3. The van der Waals surface area contributed by atoms with Crippen molar-refractivity contribution >= 4 is 0 Å². The Morgan fingerprint density at radius 2 is 2.12 bits per heavy atom. The molecule has 3 unspecified atom stereocenters. The zero-order valence-electron chi connectivity index (χ0n) is 10.7. The van der Waals surface area contributed by atoms with Crippen LogP contribution < -0.4 is 5.32 Å². The molecule has 0 amide bonds. The van der Waals surface area contributed by atoms with Crippen LogP contribution in [0, 0.1) is 5.92 Å². The van der Waals surface area contributed by atoms with Crippen LogP contribution in [0.2, 0.25) is 0 Å². The highest BCUT2D eigenvalue weighted by atomic mass is 16.3. The van der Waals surface area contributed by atoms with Crippen LogP contribution in [0.3, 0.4) is 0 Å². The summed E-state index contributed by atoms with van der Waals surface area (Å²) in [7, 11) is 2.09. The molecule has 2 N–H and O–H groups in total. The molecule has 2 fully saturated rings. The van der Waals surface area contributed by atoms with E-state index in [2.05, 4.69) is 17.3 Å². The van der Waals surface area contributed by atoms with Crippen LogP contribution in [-0.2, 0) is 0 Å². The maximum Gasteiger partial charge on any atom is 0.0758 e. The van der Waals surface area contributed by atoms with Crippen LogP contribution in [0.15, 0.2) is 0 Å². The van der Waals surface area contributed by atoms with Crippen LogP contribution in [0.25, 0.3) is 0 Å². The third-order valence-corrected chi connectivity index (χ3v) is 4.30. The van der Waals surface area contributed by atoms with Crippen molar-refractivity contribution in [3.63, 3.8) is 0 Å². The summed E-state index contributed by atoms with van der Waals surface area (Å²) in [6.07, 6.45) is 6.37. The van der Waals surface area contributed by atoms with Crippen molar-refractivity contribution in [1.29, 1.82) is 0 Å². The summed E-state index contributed by atoms with van der Waals surface area (Å²) in [5.41, 5.74) is -0.441. The van der Waals surface area contributed by atoms with Gasteiger partial charge in [0.25, 0.3) is 0 Å². The first-order chi connectivity index (χ1) is 7.61. The first-order valence-corrected chi connectivity index (χ1v) is 6.73. The van der Waals surface area contributed by atoms with Gasteiger partial charge in [-0.3, -0.25) is 0 Å². The summed E-state index contributed by atoms with van der Waals surface area (Å²) in [4.78, 5) is 2.44. The van der Waals surface area contributed by atoms with Gasteiger partial charge in [0, 0.05) is 25.7 Å². The molecule has 0 aromatic heterocycles. The third kappa shape index (κ3) is 2.96. The Bertz CT molecular complexity index is 230. The summed E-state index contributed by atoms with van der Waals surface area (Å²) in [5, 5.41) is 13.4. The van der Waals surface area contributed by atoms with E-state index in [1.165, 1.54) is 32.2 Å². The first-order valence-electron chi connectivity index (χ1n) is 6.73. The SMILES string of the molecule is CNC1CCCCC1CN1CCC(C)(O)C1. The number of hydrogen-bond acceptors (Lipinski definition) is 3. The molecule has 1 saturated carbocycles. The van der Waals surface area contributed by atoms with Gasteiger partial charge in [-0.05, 0) is 39.2 Å². The van der Waals surface area contributed by atoms with Crippen molar-refractivity contribution in [2.75, 3.05) is 26.7 Å². The molecule has 3 nitrogen and oxygen atoms in total. The van der Waals surface area contributed by atoms with Crippen molar-refractivity contribution in [2.45, 2.75) is 50.7 Å². The van der Waals surface area contributed by atoms with Crippen molar-refractivity contribution in [3.8, 4) is 0 Å². The molecule has 2 rings (SSSR count). The lowest BCUT2D eigenvalue weighted by atomic mass is 9.84. The number of nitrogens with one attached hydrogen (secondary N) is 1. The minimum atomic E-state index is -0.441. The van der Waals surface area contributed by atoms with E-state index in [4.69, 9.17) is 0 Å². The van der Waals surface area contributed by atoms with Crippen LogP contribution in [0.4, 0.5) is 0 Å². The predicted octanol–water partition coefficient (Wildman–Crippen LogP) is 1.22. The topological polar surface area (TPSA) is 35.5 Å². The smallest absolute Gasteiger partial charge is 0.0758 e. The summed E-state index contributed by atoms with van der Waals surface area (Å²) >= 11 is 0. The van der Waals surface area contributed by atoms with E-state index in [9.17, 15) is 5.11 Å². The largest absolute Gasteiger partial charge is 0.389 e. The lowest BCUT2D eigenvalue weighted by Crippen LogP contribution is -2.43. The van der Waals surface area contributed by atoms with E-state index in [1.54, 1.807) is 0 Å². The molecule has 3 atom stereocenters. The van der Waals surface area contributed by atoms with Crippen LogP contribution in [0.1, 0.15) is 39.0 Å². The molecule has 0 radical (unpaired) electrons. The molecule has 1 aliphatic carbocycles. The fourth-order valence-corrected chi connectivity index (χ4v) is 3.33. The fraction of sp³-hybridized carbons (Fsp3) is 1.00. The van der Waals surface area contributed by atoms with Crippen molar-refractivity contribution in [3.05, 3.63) is 0 Å². The number of β-amino-alcohol motifs (C(OH)–C–C–N with tert-alkyl or cyclic N) is 1. The second-order valence-corrected chi connectivity index (χ2v) is 5.92. The fourth-order valence-electron chi connectivity index (χ4n) is 3.33. The molecule has 1 aliphatic heterocycles. The highest BCUT2D eigenvalue weighted by Gasteiger charge is 2.34. The molecule has 0 aromatic carbocycles. The highest BCUT2D eigenvalue weighted by molar-refractivity contribution is 4.89. The molecule has 3 heteroatoms. The quantitative estimate of drug-likeness (QED) is 0.759. The standard InChI is InChI=1S/C13H26N2O/c1-13(16)7-8-15(10-13)9-11-5-3-4-6-12(11)14-2/h11-12,14,16H,3-10H2,1-2H3. The van der Waals surface area contributed by atoms with E-state index < -0.39 is 5.60 Å². The Morgan fingerprint density at radius 1 is 1.38 bits per heavy atom. The second-order valence-electron chi connectivity index (χ2n) is 5.92. The van der Waals surface area contributed by atoms with Crippen molar-refractivity contribution < 1.29 is 5.11 Å². The zero-order chi connectivity index (χ0) is 11.6. The average Bonchev–Trinajstić information content (AvgIpc) is 2.59. The predicted molar refractivity (Wildman–Crippen MR) is 66.5 cm³/mol. The van der Waals surface area contributed by atoms with E-state index >= 15 is 0 Å². The normalized spacial score (nSPS) is 41.4. The molecule has 2 aliphatic rings. The molecular formula is C13H26N2O. The second kappa shape index (κ2) is 5.03. The molecule has 16 heavy (non-hydrogen) atoms. The van der Waals surface area contributed by atoms with Crippen LogP contribution in [-0.4, -0.2) is 48.3 Å². The molecule has 0 spiro atoms. The maximum atomic E-state index is 9.96. The van der Waals surface area contributed by atoms with Crippen molar-refractivity contribution in [1.82, 2.24) is 10.2 Å². The Hall–Kier alpha value is -0.120. The highest BCUT2D eigenvalue weighted by Crippen LogP contribution is 2.28. The van der Waals surface area contributed by atoms with Crippen LogP contribution >= 0.6 is 0 Å². The van der Waals surface area contributed by atoms with Gasteiger partial charge in [-0.15, -0.1) is 0 Å². The van der Waals surface area contributed by atoms with Gasteiger partial charge in [0.1, 0.15) is 0 Å². The average molecular weight is 226 g/mol. The Balaban J connectivity index is 1.84. The summed E-state index contributed by atoms with van der Waals surface area (Å²) in [6, 6.07) is 0.694. The van der Waals surface area contributed by atoms with E-state index in [-0.39, 0.29) is 0 Å². The summed E-state index contributed by atoms with van der Waals surface area (Å²) in [5.74, 6) is 0.785. The van der Waals surface area contributed by atoms with Crippen molar-refractivity contribution in [2.24, 2.45) is 5.92 Å². The third-order valence-electron chi connectivity index (χ3n) is 4.30. The number of aliphatic hydroxyl groups is 1. The summed E-state index contributed by atoms with van der Waals surface area (Å²) in [6.45, 7) is 5.06. The lowest BCUT2D eigenvalue weighted by molar-refractivity contribution is 0.0641. The minimum absolute atomic E-state index is 0.441. The number of nitrogens with zero attached hydrogens (tertiary/aromatic N) is 1. The molecule has 0 aromatic rings. The van der Waals surface area contributed by atoms with Gasteiger partial charge in [0.2, 0.25) is 0 Å². The Morgan fingerprint density at radius 3 is 2.75 bits per heavy atom. The van der Waals surface area contributed by atoms with Gasteiger partial charge in [-0.25, -0.2) is 0 Å². The van der Waals surface area contributed by atoms with E-state index in [0.717, 1.165) is 25.4 Å². The van der Waals surface area contributed by atoms with Crippen LogP contribution in [0.5, 0.6) is 0 Å². The lowest BCUT2D eigenvalue weighted by Gasteiger charge is -2.34. The molecular weight excluding hydrogens is 200 g/mol. The van der Waals surface area contributed by atoms with Gasteiger partial charge in [-0.1, -0.05) is 12.8 Å². The number of hydrogen-bond donors (Lipinski definition) is 2. The maximum absolute atomic E-state index is 9.96. The van der Waals surface area contributed by atoms with E-state index in [0.29, 0.717) is 6.04 Å². The molecule has 1 saturated heterocycles. The monoisotopic (exact) mass is 226 g/mol. The zero-order valence-corrected chi connectivity index (χ0v) is 10.7. The van der Waals surface area contributed by atoms with Gasteiger partial charge < -0.3 is 15.3 Å². The first kappa shape index (κ1) is 12.3. The molecule has 1 heterocycles. The van der Waals surface area contributed by atoms with Gasteiger partial charge >= 0.3 is 0 Å². The summed E-state index contributed by atoms with van der Waals surface area (Å²) < 4.78 is 0. The number of likely N-dealkylation sites (tertiary alicyclic amines) is 1.